The predicted octanol–water partition coefficient (Wildman–Crippen LogP) is 1.78. The summed E-state index contributed by atoms with van der Waals surface area (Å²) < 4.78 is 0. The van der Waals surface area contributed by atoms with Crippen LogP contribution in [0.25, 0.3) is 0 Å². The van der Waals surface area contributed by atoms with Gasteiger partial charge in [-0.3, -0.25) is 0 Å². The summed E-state index contributed by atoms with van der Waals surface area (Å²) in [6.07, 6.45) is 3.87. The third kappa shape index (κ3) is 3.58. The Balaban J connectivity index is 2.14. The van der Waals surface area contributed by atoms with Gasteiger partial charge in [0, 0.05) is 18.0 Å². The Morgan fingerprint density at radius 1 is 1.25 bits per heavy atom. The van der Waals surface area contributed by atoms with Crippen molar-refractivity contribution >= 4 is 11.6 Å². The normalized spacial score (nSPS) is 18.1. The zero-order chi connectivity index (χ0) is 14.8. The van der Waals surface area contributed by atoms with Crippen LogP contribution in [0.4, 0.5) is 11.6 Å². The maximum Gasteiger partial charge on any atom is 0.145 e. The lowest BCUT2D eigenvalue weighted by Crippen LogP contribution is -2.34. The molecule has 0 aliphatic heterocycles. The molecule has 1 aromatic heterocycles. The number of nitrogens with two attached hydrogens (primary N) is 1. The van der Waals surface area contributed by atoms with Gasteiger partial charge in [-0.1, -0.05) is 33.6 Å². The second-order valence-corrected chi connectivity index (χ2v) is 6.64. The number of nitrogens with one attached hydrogen (secondary N) is 2. The van der Waals surface area contributed by atoms with Crippen LogP contribution in [0.2, 0.25) is 0 Å². The molecule has 0 bridgehead atoms. The number of nitrogens with zero attached hydrogens (tertiary/aromatic N) is 2. The van der Waals surface area contributed by atoms with Gasteiger partial charge in [0.15, 0.2) is 0 Å². The van der Waals surface area contributed by atoms with E-state index in [1.54, 1.807) is 6.07 Å². The van der Waals surface area contributed by atoms with Crippen molar-refractivity contribution in [2.75, 3.05) is 17.3 Å². The molecule has 1 aliphatic rings. The van der Waals surface area contributed by atoms with Crippen LogP contribution in [0, 0.1) is 0 Å². The van der Waals surface area contributed by atoms with E-state index < -0.39 is 5.60 Å². The van der Waals surface area contributed by atoms with E-state index >= 15 is 0 Å². The molecule has 0 unspecified atom stereocenters. The van der Waals surface area contributed by atoms with E-state index in [-0.39, 0.29) is 5.41 Å². The van der Waals surface area contributed by atoms with Crippen LogP contribution in [0.3, 0.4) is 0 Å². The highest BCUT2D eigenvalue weighted by atomic mass is 16.3. The SMILES string of the molecule is CC(C)(C)c1nc(NN)cc(NCC2(O)CCCC2)n1. The molecule has 1 fully saturated rings. The molecule has 0 amide bonds. The number of hydrogen-bond acceptors (Lipinski definition) is 6. The fourth-order valence-electron chi connectivity index (χ4n) is 2.41. The van der Waals surface area contributed by atoms with Crippen LogP contribution < -0.4 is 16.6 Å². The Kier molecular flexibility index (Phi) is 4.15. The van der Waals surface area contributed by atoms with E-state index in [1.807, 2.05) is 0 Å². The number of anilines is 2. The molecule has 112 valence electrons. The van der Waals surface area contributed by atoms with E-state index in [2.05, 4.69) is 41.5 Å². The van der Waals surface area contributed by atoms with Crippen LogP contribution in [0.15, 0.2) is 6.07 Å². The smallest absolute Gasteiger partial charge is 0.145 e. The maximum absolute atomic E-state index is 10.4. The van der Waals surface area contributed by atoms with Crippen molar-refractivity contribution < 1.29 is 5.11 Å². The molecule has 2 rings (SSSR count). The lowest BCUT2D eigenvalue weighted by molar-refractivity contribution is 0.0614. The molecule has 1 aliphatic carbocycles. The van der Waals surface area contributed by atoms with Gasteiger partial charge in [0.2, 0.25) is 0 Å². The van der Waals surface area contributed by atoms with Crippen molar-refractivity contribution in [1.82, 2.24) is 9.97 Å². The molecule has 0 atom stereocenters. The molecule has 0 radical (unpaired) electrons. The van der Waals surface area contributed by atoms with Gasteiger partial charge in [-0.15, -0.1) is 0 Å². The molecule has 0 saturated heterocycles. The summed E-state index contributed by atoms with van der Waals surface area (Å²) in [6, 6.07) is 1.76. The largest absolute Gasteiger partial charge is 0.388 e. The number of rotatable bonds is 4. The number of aromatic nitrogens is 2. The summed E-state index contributed by atoms with van der Waals surface area (Å²) in [7, 11) is 0. The monoisotopic (exact) mass is 279 g/mol. The van der Waals surface area contributed by atoms with Crippen molar-refractivity contribution in [3.05, 3.63) is 11.9 Å². The highest BCUT2D eigenvalue weighted by molar-refractivity contribution is 5.47. The molecule has 1 aromatic rings. The predicted molar refractivity (Wildman–Crippen MR) is 80.4 cm³/mol. The van der Waals surface area contributed by atoms with Gasteiger partial charge >= 0.3 is 0 Å². The fraction of sp³-hybridized carbons (Fsp3) is 0.714. The minimum absolute atomic E-state index is 0.159. The molecular weight excluding hydrogens is 254 g/mol. The molecule has 1 heterocycles. The van der Waals surface area contributed by atoms with Crippen LogP contribution in [0.5, 0.6) is 0 Å². The van der Waals surface area contributed by atoms with Crippen LogP contribution in [0.1, 0.15) is 52.3 Å². The summed E-state index contributed by atoms with van der Waals surface area (Å²) in [5.41, 5.74) is 1.80. The van der Waals surface area contributed by atoms with Crippen molar-refractivity contribution in [2.24, 2.45) is 5.84 Å². The van der Waals surface area contributed by atoms with Crippen molar-refractivity contribution in [1.29, 1.82) is 0 Å². The average Bonchev–Trinajstić information content (AvgIpc) is 2.82. The van der Waals surface area contributed by atoms with Gasteiger partial charge in [0.1, 0.15) is 17.5 Å². The van der Waals surface area contributed by atoms with Gasteiger partial charge in [-0.05, 0) is 12.8 Å². The molecule has 5 N–H and O–H groups in total. The molecule has 1 saturated carbocycles. The number of hydrazine groups is 1. The highest BCUT2D eigenvalue weighted by Crippen LogP contribution is 2.30. The van der Waals surface area contributed by atoms with E-state index in [4.69, 9.17) is 5.84 Å². The molecule has 6 heteroatoms. The lowest BCUT2D eigenvalue weighted by Gasteiger charge is -2.24. The van der Waals surface area contributed by atoms with E-state index in [1.165, 1.54) is 0 Å². The van der Waals surface area contributed by atoms with Crippen molar-refractivity contribution in [2.45, 2.75) is 57.5 Å². The Hall–Kier alpha value is -1.40. The van der Waals surface area contributed by atoms with Gasteiger partial charge in [-0.2, -0.15) is 0 Å². The van der Waals surface area contributed by atoms with E-state index in [9.17, 15) is 5.11 Å². The molecular formula is C14H25N5O. The Morgan fingerprint density at radius 2 is 1.85 bits per heavy atom. The third-order valence-corrected chi connectivity index (χ3v) is 3.68. The number of nitrogen functional groups attached to an aromatic ring is 1. The number of aliphatic hydroxyl groups is 1. The first-order valence-corrected chi connectivity index (χ1v) is 7.15. The summed E-state index contributed by atoms with van der Waals surface area (Å²) in [5, 5.41) is 13.6. The Morgan fingerprint density at radius 3 is 2.40 bits per heavy atom. The molecule has 6 nitrogen and oxygen atoms in total. The van der Waals surface area contributed by atoms with E-state index in [0.29, 0.717) is 24.0 Å². The standard InChI is InChI=1S/C14H25N5O/c1-13(2,3)12-17-10(8-11(18-12)19-15)16-9-14(20)6-4-5-7-14/h8,20H,4-7,9,15H2,1-3H3,(H2,16,17,18,19). The first-order chi connectivity index (χ1) is 9.32. The van der Waals surface area contributed by atoms with Crippen LogP contribution >= 0.6 is 0 Å². The summed E-state index contributed by atoms with van der Waals surface area (Å²) in [5.74, 6) is 7.44. The Labute approximate surface area is 120 Å². The minimum Gasteiger partial charge on any atom is -0.388 e. The van der Waals surface area contributed by atoms with E-state index in [0.717, 1.165) is 25.7 Å². The third-order valence-electron chi connectivity index (χ3n) is 3.68. The molecule has 0 spiro atoms. The maximum atomic E-state index is 10.4. The average molecular weight is 279 g/mol. The zero-order valence-electron chi connectivity index (χ0n) is 12.5. The molecule has 0 aromatic carbocycles. The summed E-state index contributed by atoms with van der Waals surface area (Å²) >= 11 is 0. The summed E-state index contributed by atoms with van der Waals surface area (Å²) in [6.45, 7) is 6.67. The topological polar surface area (TPSA) is 96.1 Å². The van der Waals surface area contributed by atoms with Gasteiger partial charge in [0.25, 0.3) is 0 Å². The second kappa shape index (κ2) is 5.54. The minimum atomic E-state index is -0.608. The van der Waals surface area contributed by atoms with Crippen LogP contribution in [-0.4, -0.2) is 27.2 Å². The first kappa shape index (κ1) is 15.0. The lowest BCUT2D eigenvalue weighted by atomic mass is 9.96. The quantitative estimate of drug-likeness (QED) is 0.495. The van der Waals surface area contributed by atoms with Crippen molar-refractivity contribution in [3.63, 3.8) is 0 Å². The highest BCUT2D eigenvalue weighted by Gasteiger charge is 2.31. The summed E-state index contributed by atoms with van der Waals surface area (Å²) in [4.78, 5) is 8.89. The fourth-order valence-corrected chi connectivity index (χ4v) is 2.41. The molecule has 20 heavy (non-hydrogen) atoms. The first-order valence-electron chi connectivity index (χ1n) is 7.15. The van der Waals surface area contributed by atoms with Gasteiger partial charge < -0.3 is 15.8 Å². The number of hydrogen-bond donors (Lipinski definition) is 4. The zero-order valence-corrected chi connectivity index (χ0v) is 12.5. The van der Waals surface area contributed by atoms with Crippen molar-refractivity contribution in [3.8, 4) is 0 Å². The second-order valence-electron chi connectivity index (χ2n) is 6.64. The van der Waals surface area contributed by atoms with Crippen LogP contribution in [-0.2, 0) is 5.41 Å². The Bertz CT molecular complexity index is 463. The van der Waals surface area contributed by atoms with Gasteiger partial charge in [-0.25, -0.2) is 15.8 Å². The van der Waals surface area contributed by atoms with Gasteiger partial charge in [0.05, 0.1) is 5.60 Å².